The molecule has 1 aliphatic carbocycles. The highest BCUT2D eigenvalue weighted by Gasteiger charge is 2.50. The molecule has 2 rings (SSSR count). The van der Waals surface area contributed by atoms with Gasteiger partial charge in [-0.05, 0) is 26.2 Å². The lowest BCUT2D eigenvalue weighted by Crippen LogP contribution is -2.45. The van der Waals surface area contributed by atoms with Crippen molar-refractivity contribution >= 4 is 5.97 Å². The van der Waals surface area contributed by atoms with Crippen molar-refractivity contribution in [3.05, 3.63) is 12.2 Å². The van der Waals surface area contributed by atoms with Crippen LogP contribution >= 0.6 is 0 Å². The van der Waals surface area contributed by atoms with Gasteiger partial charge >= 0.3 is 5.97 Å². The minimum Gasteiger partial charge on any atom is -0.465 e. The Morgan fingerprint density at radius 2 is 2.29 bits per heavy atom. The molecule has 0 bridgehead atoms. The molecule has 1 fully saturated rings. The topological polar surface area (TPSA) is 57.0 Å². The van der Waals surface area contributed by atoms with E-state index in [2.05, 4.69) is 17.1 Å². The fourth-order valence-electron chi connectivity index (χ4n) is 2.35. The number of ether oxygens (including phenoxy) is 1. The molecule has 0 N–H and O–H groups in total. The Morgan fingerprint density at radius 1 is 1.53 bits per heavy atom. The molecule has 1 aromatic rings. The second-order valence-electron chi connectivity index (χ2n) is 4.50. The van der Waals surface area contributed by atoms with Gasteiger partial charge < -0.3 is 9.30 Å². The SMILES string of the molecule is CCCn1cnnc1C1(C(=O)OCC)CCC1. The number of aryl methyl sites for hydroxylation is 1. The summed E-state index contributed by atoms with van der Waals surface area (Å²) >= 11 is 0. The quantitative estimate of drug-likeness (QED) is 0.731. The first-order chi connectivity index (χ1) is 8.24. The van der Waals surface area contributed by atoms with Crippen molar-refractivity contribution in [2.45, 2.75) is 51.5 Å². The third kappa shape index (κ3) is 1.94. The monoisotopic (exact) mass is 237 g/mol. The lowest BCUT2D eigenvalue weighted by atomic mass is 9.68. The summed E-state index contributed by atoms with van der Waals surface area (Å²) in [7, 11) is 0. The number of carbonyl (C=O) groups excluding carboxylic acids is 1. The van der Waals surface area contributed by atoms with Gasteiger partial charge in [0, 0.05) is 6.54 Å². The highest BCUT2D eigenvalue weighted by Crippen LogP contribution is 2.43. The van der Waals surface area contributed by atoms with Crippen LogP contribution in [0.15, 0.2) is 6.33 Å². The highest BCUT2D eigenvalue weighted by molar-refractivity contribution is 5.83. The highest BCUT2D eigenvalue weighted by atomic mass is 16.5. The standard InChI is InChI=1S/C12H19N3O2/c1-3-8-15-9-13-14-10(15)12(6-5-7-12)11(16)17-4-2/h9H,3-8H2,1-2H3. The summed E-state index contributed by atoms with van der Waals surface area (Å²) in [4.78, 5) is 12.1. The van der Waals surface area contributed by atoms with E-state index in [-0.39, 0.29) is 5.97 Å². The average Bonchev–Trinajstić information content (AvgIpc) is 2.66. The van der Waals surface area contributed by atoms with Crippen LogP contribution in [0.3, 0.4) is 0 Å². The van der Waals surface area contributed by atoms with Crippen LogP contribution < -0.4 is 0 Å². The predicted molar refractivity (Wildman–Crippen MR) is 62.5 cm³/mol. The maximum atomic E-state index is 12.1. The van der Waals surface area contributed by atoms with E-state index < -0.39 is 5.41 Å². The summed E-state index contributed by atoms with van der Waals surface area (Å²) in [5.41, 5.74) is -0.526. The van der Waals surface area contributed by atoms with Gasteiger partial charge in [0.05, 0.1) is 6.61 Å². The van der Waals surface area contributed by atoms with Crippen LogP contribution in [0.4, 0.5) is 0 Å². The van der Waals surface area contributed by atoms with Crippen LogP contribution in [0.1, 0.15) is 45.4 Å². The van der Waals surface area contributed by atoms with E-state index in [1.54, 1.807) is 6.33 Å². The van der Waals surface area contributed by atoms with Gasteiger partial charge in [-0.1, -0.05) is 13.3 Å². The van der Waals surface area contributed by atoms with Crippen LogP contribution in [-0.2, 0) is 21.5 Å². The fraction of sp³-hybridized carbons (Fsp3) is 0.750. The molecule has 5 nitrogen and oxygen atoms in total. The van der Waals surface area contributed by atoms with Crippen LogP contribution in [0.2, 0.25) is 0 Å². The van der Waals surface area contributed by atoms with E-state index in [4.69, 9.17) is 4.74 Å². The molecule has 0 saturated heterocycles. The molecule has 0 atom stereocenters. The van der Waals surface area contributed by atoms with Crippen molar-refractivity contribution in [2.24, 2.45) is 0 Å². The number of esters is 1. The third-order valence-corrected chi connectivity index (χ3v) is 3.38. The van der Waals surface area contributed by atoms with Crippen molar-refractivity contribution in [1.82, 2.24) is 14.8 Å². The normalized spacial score (nSPS) is 17.5. The summed E-state index contributed by atoms with van der Waals surface area (Å²) in [5.74, 6) is 0.639. The van der Waals surface area contributed by atoms with E-state index in [0.717, 1.165) is 38.1 Å². The van der Waals surface area contributed by atoms with Gasteiger partial charge in [-0.25, -0.2) is 0 Å². The van der Waals surface area contributed by atoms with Gasteiger partial charge in [0.15, 0.2) is 0 Å². The minimum absolute atomic E-state index is 0.142. The largest absolute Gasteiger partial charge is 0.465 e. The second-order valence-corrected chi connectivity index (χ2v) is 4.50. The number of nitrogens with zero attached hydrogens (tertiary/aromatic N) is 3. The molecule has 1 heterocycles. The number of rotatable bonds is 5. The molecule has 0 unspecified atom stereocenters. The molecule has 17 heavy (non-hydrogen) atoms. The summed E-state index contributed by atoms with van der Waals surface area (Å²) in [6.07, 6.45) is 5.42. The Hall–Kier alpha value is -1.39. The van der Waals surface area contributed by atoms with Gasteiger partial charge in [-0.15, -0.1) is 10.2 Å². The maximum absolute atomic E-state index is 12.1. The lowest BCUT2D eigenvalue weighted by molar-refractivity contribution is -0.154. The molecule has 0 aliphatic heterocycles. The fourth-order valence-corrected chi connectivity index (χ4v) is 2.35. The van der Waals surface area contributed by atoms with E-state index in [9.17, 15) is 4.79 Å². The molecular formula is C12H19N3O2. The van der Waals surface area contributed by atoms with E-state index in [0.29, 0.717) is 6.61 Å². The first-order valence-electron chi connectivity index (χ1n) is 6.30. The smallest absolute Gasteiger partial charge is 0.319 e. The van der Waals surface area contributed by atoms with E-state index >= 15 is 0 Å². The Labute approximate surface area is 101 Å². The molecule has 0 amide bonds. The summed E-state index contributed by atoms with van der Waals surface area (Å²) < 4.78 is 7.17. The average molecular weight is 237 g/mol. The summed E-state index contributed by atoms with van der Waals surface area (Å²) in [6, 6.07) is 0. The first kappa shape index (κ1) is 12.1. The summed E-state index contributed by atoms with van der Waals surface area (Å²) in [5, 5.41) is 8.08. The zero-order chi connectivity index (χ0) is 12.3. The Morgan fingerprint density at radius 3 is 2.82 bits per heavy atom. The van der Waals surface area contributed by atoms with Crippen LogP contribution in [0.25, 0.3) is 0 Å². The van der Waals surface area contributed by atoms with Crippen LogP contribution in [0, 0.1) is 0 Å². The lowest BCUT2D eigenvalue weighted by Gasteiger charge is -2.38. The van der Waals surface area contributed by atoms with Crippen molar-refractivity contribution in [1.29, 1.82) is 0 Å². The second kappa shape index (κ2) is 4.85. The Kier molecular flexibility index (Phi) is 3.45. The number of carbonyl (C=O) groups is 1. The number of hydrogen-bond donors (Lipinski definition) is 0. The molecule has 0 aromatic carbocycles. The van der Waals surface area contributed by atoms with Crippen molar-refractivity contribution < 1.29 is 9.53 Å². The Balaban J connectivity index is 2.28. The molecule has 1 aromatic heterocycles. The van der Waals surface area contributed by atoms with Gasteiger partial charge in [-0.3, -0.25) is 4.79 Å². The van der Waals surface area contributed by atoms with E-state index in [1.165, 1.54) is 0 Å². The zero-order valence-electron chi connectivity index (χ0n) is 10.5. The van der Waals surface area contributed by atoms with Gasteiger partial charge in [0.1, 0.15) is 17.6 Å². The molecule has 94 valence electrons. The number of aromatic nitrogens is 3. The molecule has 0 radical (unpaired) electrons. The van der Waals surface area contributed by atoms with Crippen molar-refractivity contribution in [3.63, 3.8) is 0 Å². The zero-order valence-corrected chi connectivity index (χ0v) is 10.5. The molecule has 1 saturated carbocycles. The third-order valence-electron chi connectivity index (χ3n) is 3.38. The molecule has 0 spiro atoms. The predicted octanol–water partition coefficient (Wildman–Crippen LogP) is 1.67. The Bertz CT molecular complexity index is 396. The van der Waals surface area contributed by atoms with E-state index in [1.807, 2.05) is 11.5 Å². The summed E-state index contributed by atoms with van der Waals surface area (Å²) in [6.45, 7) is 5.20. The molecular weight excluding hydrogens is 218 g/mol. The van der Waals surface area contributed by atoms with Crippen molar-refractivity contribution in [2.75, 3.05) is 6.61 Å². The van der Waals surface area contributed by atoms with Crippen LogP contribution in [0.5, 0.6) is 0 Å². The minimum atomic E-state index is -0.526. The van der Waals surface area contributed by atoms with Crippen LogP contribution in [-0.4, -0.2) is 27.3 Å². The molecule has 5 heteroatoms. The van der Waals surface area contributed by atoms with Gasteiger partial charge in [0.25, 0.3) is 0 Å². The van der Waals surface area contributed by atoms with Crippen molar-refractivity contribution in [3.8, 4) is 0 Å². The van der Waals surface area contributed by atoms with Gasteiger partial charge in [-0.2, -0.15) is 0 Å². The number of hydrogen-bond acceptors (Lipinski definition) is 4. The van der Waals surface area contributed by atoms with Gasteiger partial charge in [0.2, 0.25) is 0 Å². The molecule has 1 aliphatic rings. The maximum Gasteiger partial charge on any atom is 0.319 e. The first-order valence-corrected chi connectivity index (χ1v) is 6.30.